The zero-order valence-electron chi connectivity index (χ0n) is 65.3. The number of likely N-dealkylation sites (N-methyl/N-ethyl adjacent to an activating group) is 1. The number of ether oxygens (including phenoxy) is 2. The quantitative estimate of drug-likeness (QED) is 0.0323. The Morgan fingerprint density at radius 1 is 0.508 bits per heavy atom. The van der Waals surface area contributed by atoms with Crippen LogP contribution in [0, 0.1) is 5.92 Å². The molecule has 0 unspecified atom stereocenters. The van der Waals surface area contributed by atoms with E-state index in [-0.39, 0.29) is 83.2 Å². The average molecular weight is 1660 g/mol. The smallest absolute Gasteiger partial charge is 0.405 e. The van der Waals surface area contributed by atoms with Crippen molar-refractivity contribution >= 4 is 128 Å². The van der Waals surface area contributed by atoms with Crippen LogP contribution in [0.1, 0.15) is 99.7 Å². The molecule has 8 bridgehead atoms. The fourth-order valence-corrected chi connectivity index (χ4v) is 15.5. The van der Waals surface area contributed by atoms with Crippen molar-refractivity contribution in [2.45, 2.75) is 94.3 Å². The number of rotatable bonds is 19. The van der Waals surface area contributed by atoms with Crippen LogP contribution in [0.2, 0.25) is 0 Å². The molecule has 5 fully saturated rings. The number of pyridine rings is 6. The maximum atomic E-state index is 13.3. The second-order valence-corrected chi connectivity index (χ2v) is 30.2. The molecular weight excluding hydrogens is 1570 g/mol. The second-order valence-electron chi connectivity index (χ2n) is 30.2. The molecule has 120 heavy (non-hydrogen) atoms. The molecule has 0 spiro atoms. The monoisotopic (exact) mass is 1650 g/mol. The van der Waals surface area contributed by atoms with E-state index in [1.54, 1.807) is 107 Å². The van der Waals surface area contributed by atoms with E-state index in [2.05, 4.69) is 86.0 Å². The van der Waals surface area contributed by atoms with Crippen LogP contribution in [0.5, 0.6) is 5.75 Å². The number of ketones is 3. The number of carbonyl (C=O) groups is 8. The number of aromatic nitrogens is 10. The maximum absolute atomic E-state index is 13.3. The number of amides is 9. The topological polar surface area (TPSA) is 376 Å². The number of halogens is 6. The summed E-state index contributed by atoms with van der Waals surface area (Å²) in [6, 6.07) is 28.8. The fraction of sp³-hybridized carbons (Fsp3) is 0.388. The lowest BCUT2D eigenvalue weighted by Crippen LogP contribution is -2.48. The molecular formula is C80H84F6N24O10. The lowest BCUT2D eigenvalue weighted by atomic mass is 10.1. The molecule has 40 heteroatoms. The number of fused-ring (bicyclic) bond motifs is 17. The first kappa shape index (κ1) is 81.9. The third-order valence-corrected chi connectivity index (χ3v) is 21.5. The van der Waals surface area contributed by atoms with Gasteiger partial charge in [-0.15, -0.1) is 5.10 Å². The fourth-order valence-electron chi connectivity index (χ4n) is 15.5. The zero-order chi connectivity index (χ0) is 84.1. The number of benzene rings is 1. The van der Waals surface area contributed by atoms with Gasteiger partial charge in [-0.1, -0.05) is 6.07 Å². The van der Waals surface area contributed by atoms with Gasteiger partial charge in [0.1, 0.15) is 59.9 Å². The molecule has 1 aromatic carbocycles. The first-order chi connectivity index (χ1) is 57.7. The van der Waals surface area contributed by atoms with Gasteiger partial charge in [0.05, 0.1) is 70.7 Å². The van der Waals surface area contributed by atoms with Gasteiger partial charge in [-0.25, -0.2) is 54.1 Å². The normalized spacial score (nSPS) is 18.0. The molecule has 626 valence electrons. The average Bonchev–Trinajstić information content (AvgIpc) is 1.62. The minimum atomic E-state index is -4.54. The molecule has 16 heterocycles. The number of aromatic amines is 1. The second kappa shape index (κ2) is 35.1. The van der Waals surface area contributed by atoms with E-state index in [9.17, 15) is 64.7 Å². The maximum Gasteiger partial charge on any atom is 0.405 e. The Morgan fingerprint density at radius 3 is 1.51 bits per heavy atom. The van der Waals surface area contributed by atoms with Crippen LogP contribution in [0.25, 0.3) is 11.0 Å². The summed E-state index contributed by atoms with van der Waals surface area (Å²) >= 11 is 0. The number of alkyl halides is 6. The van der Waals surface area contributed by atoms with Crippen LogP contribution >= 0.6 is 0 Å². The number of hydrogen-bond acceptors (Lipinski definition) is 24. The molecule has 1 saturated carbocycles. The van der Waals surface area contributed by atoms with E-state index in [0.717, 1.165) is 93.8 Å². The molecule has 34 nitrogen and oxygen atoms in total. The largest absolute Gasteiger partial charge is 0.492 e. The third kappa shape index (κ3) is 19.0. The van der Waals surface area contributed by atoms with Gasteiger partial charge in [-0.2, -0.15) is 31.4 Å². The Bertz CT molecular complexity index is 5340. The SMILES string of the molecule is CN(C)CCOc1ccnc(NC(=O)N2c3nc(C(=O)NCC(F)(F)F)ccc3N3CC[C@H]2C3)c1.COCC(=O)c1ccc2c(n1)N(C(=O)Nc1ccccn1)[C@H]1CCN2C1.O=C(CC1CC1)c1ccc2c(n1)N(C(=O)Nc1cccnn1)[C@H]1CCN2C1.O=C(CCC(F)(F)F)c1ccc2c(n1)N(C(=O)Nc1ccc3nc[nH]c3c1)[C@H]1CCN2C1. The summed E-state index contributed by atoms with van der Waals surface area (Å²) in [7, 11) is 5.33. The van der Waals surface area contributed by atoms with Crippen molar-refractivity contribution in [2.75, 3.05) is 160 Å². The van der Waals surface area contributed by atoms with Crippen LogP contribution in [0.3, 0.4) is 0 Å². The summed E-state index contributed by atoms with van der Waals surface area (Å²) in [6.07, 6.45) is 1.33. The van der Waals surface area contributed by atoms with Gasteiger partial charge in [0.15, 0.2) is 40.7 Å². The number of imidazole rings is 1. The number of nitrogens with zero attached hydrogens (tertiary/aromatic N) is 18. The lowest BCUT2D eigenvalue weighted by molar-refractivity contribution is -0.133. The number of hydrogen-bond donors (Lipinski definition) is 6. The number of methoxy groups -OCH3 is 1. The molecule has 9 aliphatic rings. The highest BCUT2D eigenvalue weighted by molar-refractivity contribution is 6.09. The molecule has 6 N–H and O–H groups in total. The zero-order valence-corrected chi connectivity index (χ0v) is 65.3. The van der Waals surface area contributed by atoms with Gasteiger partial charge in [-0.05, 0) is 156 Å². The highest BCUT2D eigenvalue weighted by Crippen LogP contribution is 2.45. The molecule has 4 saturated heterocycles. The number of carbonyl (C=O) groups excluding carboxylic acids is 8. The van der Waals surface area contributed by atoms with Gasteiger partial charge in [0.25, 0.3) is 5.91 Å². The van der Waals surface area contributed by atoms with E-state index in [0.29, 0.717) is 102 Å². The Morgan fingerprint density at radius 2 is 1.01 bits per heavy atom. The van der Waals surface area contributed by atoms with Crippen molar-refractivity contribution in [1.82, 2.24) is 60.3 Å². The number of anilines is 12. The molecule has 0 radical (unpaired) electrons. The molecule has 4 atom stereocenters. The Kier molecular flexibility index (Phi) is 24.0. The minimum Gasteiger partial charge on any atom is -0.492 e. The summed E-state index contributed by atoms with van der Waals surface area (Å²) in [5.41, 5.74) is 5.64. The van der Waals surface area contributed by atoms with Crippen LogP contribution < -0.4 is 70.5 Å². The highest BCUT2D eigenvalue weighted by Gasteiger charge is 2.46. The van der Waals surface area contributed by atoms with E-state index in [1.807, 2.05) is 47.4 Å². The van der Waals surface area contributed by atoms with Gasteiger partial charge in [0.2, 0.25) is 5.78 Å². The summed E-state index contributed by atoms with van der Waals surface area (Å²) in [5, 5.41) is 20.7. The standard InChI is InChI=1S/C22H26F3N7O3.C21H19F3N6O2.C19H20N6O2.C18H19N5O3/c1-30(2)9-10-35-15-5-7-26-18(11-15)29-21(34)32-14-6-8-31(12-14)17-4-3-16(28-19(17)32)20(33)27-13-22(23,24)25;22-21(23,24)7-5-18(31)15-3-4-17-19(28-15)30(13-6-8-29(17)10-13)20(32)27-12-1-2-14-16(9-12)26-11-25-14;26-16(10-12-3-4-12)14-5-6-15-18(21-14)25(13-7-9-24(15)11-13)19(27)22-17-2-1-8-20-23-17;1-26-11-15(24)13-5-6-14-17(20-13)23(12-7-9-22(14)10-12)18(25)21-16-4-2-3-8-19-16/h3-5,7,11,14H,6,8-10,12-13H2,1-2H3,(H,27,33)(H,26,29,34);1-4,9,11,13H,5-8,10H2,(H,25,26)(H,27,32);1-2,5-6,8,12-13H,3-4,7,9-11H2,(H,22,23,27);2-6,8,12H,7,9-11H2,1H3,(H,19,21,25)/t14-;2*13-;12-/m0000/s1. The summed E-state index contributed by atoms with van der Waals surface area (Å²) in [4.78, 5) is 152. The predicted molar refractivity (Wildman–Crippen MR) is 432 cm³/mol. The van der Waals surface area contributed by atoms with Crippen molar-refractivity contribution in [3.05, 3.63) is 157 Å². The predicted octanol–water partition coefficient (Wildman–Crippen LogP) is 10.9. The first-order valence-corrected chi connectivity index (χ1v) is 39.1. The molecule has 9 aromatic rings. The Hall–Kier alpha value is -13.3. The molecule has 8 aromatic heterocycles. The molecule has 18 rings (SSSR count). The number of H-pyrrole nitrogens is 1. The van der Waals surface area contributed by atoms with Gasteiger partial charge in [-0.3, -0.25) is 54.7 Å². The van der Waals surface area contributed by atoms with Crippen molar-refractivity contribution < 1.29 is 74.2 Å². The van der Waals surface area contributed by atoms with Crippen molar-refractivity contribution in [2.24, 2.45) is 5.92 Å². The van der Waals surface area contributed by atoms with Gasteiger partial charge in [0, 0.05) is 109 Å². The highest BCUT2D eigenvalue weighted by atomic mass is 19.4. The number of urea groups is 4. The van der Waals surface area contributed by atoms with E-state index >= 15 is 0 Å². The lowest BCUT2D eigenvalue weighted by Gasteiger charge is -2.35. The number of nitrogens with one attached hydrogen (secondary N) is 6. The van der Waals surface area contributed by atoms with Crippen LogP contribution in [-0.4, -0.2) is 239 Å². The van der Waals surface area contributed by atoms with Crippen LogP contribution in [-0.2, 0) is 4.74 Å². The summed E-state index contributed by atoms with van der Waals surface area (Å²) in [6.45, 7) is 5.57. The van der Waals surface area contributed by atoms with Gasteiger partial charge >= 0.3 is 36.5 Å². The van der Waals surface area contributed by atoms with Gasteiger partial charge < -0.3 is 49.6 Å². The third-order valence-electron chi connectivity index (χ3n) is 21.5. The number of Topliss-reactive ketones (excluding diaryl/α,β-unsaturated/α-hetero) is 3. The molecule has 8 aliphatic heterocycles. The van der Waals surface area contributed by atoms with Crippen molar-refractivity contribution in [3.8, 4) is 5.75 Å². The van der Waals surface area contributed by atoms with Crippen LogP contribution in [0.15, 0.2) is 134 Å². The van der Waals surface area contributed by atoms with E-state index in [1.165, 1.54) is 35.2 Å². The Labute approximate surface area is 682 Å². The molecule has 9 amide bonds. The van der Waals surface area contributed by atoms with Crippen molar-refractivity contribution in [3.63, 3.8) is 0 Å². The minimum absolute atomic E-state index is 0.0199. The van der Waals surface area contributed by atoms with Crippen LogP contribution in [0.4, 0.5) is 115 Å². The Balaban J connectivity index is 0.000000125. The first-order valence-electron chi connectivity index (χ1n) is 39.1. The summed E-state index contributed by atoms with van der Waals surface area (Å²) < 4.78 is 85.7. The van der Waals surface area contributed by atoms with E-state index in [4.69, 9.17) is 9.47 Å². The van der Waals surface area contributed by atoms with E-state index < -0.39 is 55.5 Å². The van der Waals surface area contributed by atoms with Crippen molar-refractivity contribution in [1.29, 1.82) is 0 Å². The molecule has 1 aliphatic carbocycles. The summed E-state index contributed by atoms with van der Waals surface area (Å²) in [5.74, 6) is 1.94.